The van der Waals surface area contributed by atoms with Gasteiger partial charge in [-0.2, -0.15) is 0 Å². The van der Waals surface area contributed by atoms with Crippen molar-refractivity contribution < 1.29 is 14.0 Å². The Labute approximate surface area is 116 Å². The molecule has 1 aliphatic heterocycles. The maximum Gasteiger partial charge on any atom is 0.281 e. The van der Waals surface area contributed by atoms with Gasteiger partial charge in [-0.15, -0.1) is 0 Å². The lowest BCUT2D eigenvalue weighted by atomic mass is 10.2. The Bertz CT molecular complexity index is 472. The Hall–Kier alpha value is -1.43. The second-order valence-corrected chi connectivity index (χ2v) is 5.64. The van der Waals surface area contributed by atoms with Gasteiger partial charge in [-0.05, 0) is 26.0 Å². The van der Waals surface area contributed by atoms with Crippen molar-refractivity contribution in [1.82, 2.24) is 10.2 Å². The number of aryl methyl sites for hydroxylation is 1. The van der Waals surface area contributed by atoms with Crippen molar-refractivity contribution in [2.75, 3.05) is 18.8 Å². The number of carbonyl (C=O) groups is 2. The van der Waals surface area contributed by atoms with Crippen LogP contribution in [0.2, 0.25) is 0 Å². The van der Waals surface area contributed by atoms with E-state index in [0.29, 0.717) is 13.0 Å². The maximum atomic E-state index is 11.8. The third kappa shape index (κ3) is 3.76. The van der Waals surface area contributed by atoms with E-state index in [2.05, 4.69) is 5.32 Å². The normalized spacial score (nSPS) is 16.7. The fourth-order valence-corrected chi connectivity index (χ4v) is 2.79. The van der Waals surface area contributed by atoms with Crippen molar-refractivity contribution in [1.29, 1.82) is 0 Å². The molecule has 1 aromatic rings. The van der Waals surface area contributed by atoms with Crippen molar-refractivity contribution >= 4 is 22.9 Å². The van der Waals surface area contributed by atoms with E-state index >= 15 is 0 Å². The van der Waals surface area contributed by atoms with Crippen molar-refractivity contribution in [2.24, 2.45) is 0 Å². The number of hydrogen-bond donors (Lipinski definition) is 1. The lowest BCUT2D eigenvalue weighted by Crippen LogP contribution is -2.32. The van der Waals surface area contributed by atoms with Crippen LogP contribution in [0.15, 0.2) is 16.5 Å². The molecule has 104 valence electrons. The maximum absolute atomic E-state index is 11.8. The molecule has 0 spiro atoms. The number of carbonyl (C=O) groups excluding carboxylic acids is 2. The summed E-state index contributed by atoms with van der Waals surface area (Å²) < 4.78 is 5.46. The summed E-state index contributed by atoms with van der Waals surface area (Å²) in [7, 11) is 0. The largest absolute Gasteiger partial charge is 0.464 e. The van der Waals surface area contributed by atoms with Crippen LogP contribution in [0.1, 0.15) is 30.9 Å². The van der Waals surface area contributed by atoms with Crippen LogP contribution in [0.3, 0.4) is 0 Å². The molecule has 0 aliphatic carbocycles. The van der Waals surface area contributed by atoms with Gasteiger partial charge in [0, 0.05) is 25.3 Å². The second kappa shape index (κ2) is 6.14. The van der Waals surface area contributed by atoms with E-state index in [1.165, 1.54) is 11.8 Å². The molecule has 1 saturated heterocycles. The molecule has 5 nitrogen and oxygen atoms in total. The minimum Gasteiger partial charge on any atom is -0.464 e. The summed E-state index contributed by atoms with van der Waals surface area (Å²) in [6.07, 6.45) is 0.330. The average molecular weight is 282 g/mol. The summed E-state index contributed by atoms with van der Waals surface area (Å²) in [6.45, 7) is 4.98. The van der Waals surface area contributed by atoms with Crippen LogP contribution in [-0.2, 0) is 4.79 Å². The third-order valence-corrected chi connectivity index (χ3v) is 3.91. The highest BCUT2D eigenvalue weighted by molar-refractivity contribution is 8.13. The minimum absolute atomic E-state index is 0.0637. The molecule has 2 heterocycles. The number of amides is 2. The van der Waals surface area contributed by atoms with Gasteiger partial charge in [-0.1, -0.05) is 11.8 Å². The SMILES string of the molecule is Cc1ccc([C@H](C)NC(=O)CCN2CCSC2=O)o1. The minimum atomic E-state index is -0.148. The predicted molar refractivity (Wildman–Crippen MR) is 74.0 cm³/mol. The van der Waals surface area contributed by atoms with Crippen LogP contribution in [0.4, 0.5) is 4.79 Å². The summed E-state index contributed by atoms with van der Waals surface area (Å²) >= 11 is 1.31. The van der Waals surface area contributed by atoms with Crippen LogP contribution >= 0.6 is 11.8 Å². The highest BCUT2D eigenvalue weighted by Crippen LogP contribution is 2.18. The first-order chi connectivity index (χ1) is 9.06. The quantitative estimate of drug-likeness (QED) is 0.900. The fraction of sp³-hybridized carbons (Fsp3) is 0.538. The zero-order chi connectivity index (χ0) is 13.8. The Kier molecular flexibility index (Phi) is 4.52. The molecule has 1 fully saturated rings. The van der Waals surface area contributed by atoms with Crippen molar-refractivity contribution in [3.05, 3.63) is 23.7 Å². The molecule has 1 N–H and O–H groups in total. The molecule has 1 aromatic heterocycles. The predicted octanol–water partition coefficient (Wildman–Crippen LogP) is 2.32. The molecule has 1 atom stereocenters. The number of hydrogen-bond acceptors (Lipinski definition) is 4. The Balaban J connectivity index is 1.76. The van der Waals surface area contributed by atoms with Gasteiger partial charge in [0.2, 0.25) is 5.91 Å². The molecule has 6 heteroatoms. The van der Waals surface area contributed by atoms with E-state index in [4.69, 9.17) is 4.42 Å². The number of rotatable bonds is 5. The van der Waals surface area contributed by atoms with Gasteiger partial charge in [0.15, 0.2) is 0 Å². The highest BCUT2D eigenvalue weighted by Gasteiger charge is 2.21. The van der Waals surface area contributed by atoms with Gasteiger partial charge >= 0.3 is 0 Å². The first-order valence-corrected chi connectivity index (χ1v) is 7.32. The second-order valence-electron chi connectivity index (χ2n) is 4.59. The molecule has 2 amide bonds. The van der Waals surface area contributed by atoms with E-state index < -0.39 is 0 Å². The van der Waals surface area contributed by atoms with E-state index in [1.54, 1.807) is 4.90 Å². The molecule has 0 saturated carbocycles. The van der Waals surface area contributed by atoms with Gasteiger partial charge in [0.1, 0.15) is 11.5 Å². The van der Waals surface area contributed by atoms with Gasteiger partial charge in [-0.25, -0.2) is 0 Å². The average Bonchev–Trinajstić information content (AvgIpc) is 2.95. The van der Waals surface area contributed by atoms with Crippen LogP contribution in [-0.4, -0.2) is 34.9 Å². The van der Waals surface area contributed by atoms with Crippen LogP contribution in [0.25, 0.3) is 0 Å². The Morgan fingerprint density at radius 3 is 2.95 bits per heavy atom. The first-order valence-electron chi connectivity index (χ1n) is 6.33. The summed E-state index contributed by atoms with van der Waals surface area (Å²) in [5.74, 6) is 2.34. The third-order valence-electron chi connectivity index (χ3n) is 3.02. The van der Waals surface area contributed by atoms with Crippen molar-refractivity contribution in [3.63, 3.8) is 0 Å². The standard InChI is InChI=1S/C13H18N2O3S/c1-9-3-4-11(18-9)10(2)14-12(16)5-6-15-7-8-19-13(15)17/h3-4,10H,5-8H2,1-2H3,(H,14,16)/t10-/m0/s1. The molecular formula is C13H18N2O3S. The number of nitrogens with one attached hydrogen (secondary N) is 1. The fourth-order valence-electron chi connectivity index (χ4n) is 1.94. The number of furan rings is 1. The van der Waals surface area contributed by atoms with E-state index in [-0.39, 0.29) is 17.2 Å². The van der Waals surface area contributed by atoms with Crippen molar-refractivity contribution in [2.45, 2.75) is 26.3 Å². The number of thioether (sulfide) groups is 1. The summed E-state index contributed by atoms with van der Waals surface area (Å²) in [5, 5.41) is 2.94. The molecule has 1 aliphatic rings. The highest BCUT2D eigenvalue weighted by atomic mass is 32.2. The van der Waals surface area contributed by atoms with Crippen LogP contribution in [0, 0.1) is 6.92 Å². The topological polar surface area (TPSA) is 62.6 Å². The van der Waals surface area contributed by atoms with E-state index in [1.807, 2.05) is 26.0 Å². The zero-order valence-electron chi connectivity index (χ0n) is 11.1. The lowest BCUT2D eigenvalue weighted by molar-refractivity contribution is -0.122. The lowest BCUT2D eigenvalue weighted by Gasteiger charge is -2.15. The monoisotopic (exact) mass is 282 g/mol. The molecule has 19 heavy (non-hydrogen) atoms. The summed E-state index contributed by atoms with van der Waals surface area (Å²) in [4.78, 5) is 24.9. The molecule has 0 radical (unpaired) electrons. The number of nitrogens with zero attached hydrogens (tertiary/aromatic N) is 1. The molecule has 2 rings (SSSR count). The zero-order valence-corrected chi connectivity index (χ0v) is 12.0. The van der Waals surface area contributed by atoms with Gasteiger partial charge in [-0.3, -0.25) is 9.59 Å². The van der Waals surface area contributed by atoms with Gasteiger partial charge in [0.25, 0.3) is 5.24 Å². The van der Waals surface area contributed by atoms with Crippen LogP contribution < -0.4 is 5.32 Å². The van der Waals surface area contributed by atoms with Gasteiger partial charge < -0.3 is 14.6 Å². The molecular weight excluding hydrogens is 264 g/mol. The Morgan fingerprint density at radius 2 is 2.37 bits per heavy atom. The smallest absolute Gasteiger partial charge is 0.281 e. The molecule has 0 bridgehead atoms. The van der Waals surface area contributed by atoms with E-state index in [0.717, 1.165) is 23.8 Å². The van der Waals surface area contributed by atoms with Gasteiger partial charge in [0.05, 0.1) is 6.04 Å². The molecule has 0 unspecified atom stereocenters. The van der Waals surface area contributed by atoms with Crippen molar-refractivity contribution in [3.8, 4) is 0 Å². The van der Waals surface area contributed by atoms with Crippen LogP contribution in [0.5, 0.6) is 0 Å². The van der Waals surface area contributed by atoms with E-state index in [9.17, 15) is 9.59 Å². The summed E-state index contributed by atoms with van der Waals surface area (Å²) in [5.41, 5.74) is 0. The molecule has 0 aromatic carbocycles. The summed E-state index contributed by atoms with van der Waals surface area (Å²) in [6, 6.07) is 3.59. The first kappa shape index (κ1) is 14.0. The Morgan fingerprint density at radius 1 is 1.58 bits per heavy atom.